The van der Waals surface area contributed by atoms with Gasteiger partial charge in [-0.05, 0) is 76.5 Å². The summed E-state index contributed by atoms with van der Waals surface area (Å²) in [5.41, 5.74) is 1.12. The Morgan fingerprint density at radius 1 is 1.24 bits per heavy atom. The lowest BCUT2D eigenvalue weighted by molar-refractivity contribution is -0.0663. The van der Waals surface area contributed by atoms with Crippen molar-refractivity contribution < 1.29 is 19.1 Å². The molecule has 3 rings (SSSR count). The Bertz CT molecular complexity index is 877. The van der Waals surface area contributed by atoms with Crippen LogP contribution in [0.15, 0.2) is 35.9 Å². The van der Waals surface area contributed by atoms with E-state index in [0.717, 1.165) is 37.8 Å². The van der Waals surface area contributed by atoms with E-state index in [1.54, 1.807) is 17.8 Å². The van der Waals surface area contributed by atoms with Crippen molar-refractivity contribution in [2.24, 2.45) is 0 Å². The zero-order valence-corrected chi connectivity index (χ0v) is 21.4. The molecule has 1 fully saturated rings. The molecule has 1 saturated carbocycles. The van der Waals surface area contributed by atoms with Gasteiger partial charge in [0, 0.05) is 24.8 Å². The van der Waals surface area contributed by atoms with Crippen LogP contribution in [-0.4, -0.2) is 53.4 Å². The third-order valence-corrected chi connectivity index (χ3v) is 7.34. The van der Waals surface area contributed by atoms with Gasteiger partial charge in [-0.2, -0.15) is 0 Å². The van der Waals surface area contributed by atoms with Crippen LogP contribution in [0.5, 0.6) is 0 Å². The van der Waals surface area contributed by atoms with Crippen LogP contribution in [0, 0.1) is 0 Å². The second kappa shape index (κ2) is 10.4. The molecule has 1 aliphatic heterocycles. The Morgan fingerprint density at radius 2 is 1.94 bits per heavy atom. The van der Waals surface area contributed by atoms with Crippen molar-refractivity contribution in [3.8, 4) is 0 Å². The Balaban J connectivity index is 1.68. The molecule has 1 amide bonds. The highest BCUT2D eigenvalue weighted by molar-refractivity contribution is 8.03. The highest BCUT2D eigenvalue weighted by Gasteiger charge is 2.41. The van der Waals surface area contributed by atoms with E-state index in [9.17, 15) is 9.59 Å². The zero-order chi connectivity index (χ0) is 24.2. The summed E-state index contributed by atoms with van der Waals surface area (Å²) in [6.45, 7) is 10.9. The number of hydrazine groups is 1. The molecule has 1 N–H and O–H groups in total. The molecule has 0 saturated heterocycles. The van der Waals surface area contributed by atoms with Crippen LogP contribution in [0.4, 0.5) is 4.79 Å². The van der Waals surface area contributed by atoms with Gasteiger partial charge in [-0.25, -0.2) is 14.6 Å². The fourth-order valence-electron chi connectivity index (χ4n) is 4.58. The Kier molecular flexibility index (Phi) is 8.00. The maximum Gasteiger partial charge on any atom is 0.407 e. The van der Waals surface area contributed by atoms with Gasteiger partial charge in [-0.15, -0.1) is 0 Å². The molecule has 2 aliphatic rings. The zero-order valence-electron chi connectivity index (χ0n) is 20.6. The van der Waals surface area contributed by atoms with Crippen LogP contribution in [-0.2, 0) is 14.3 Å². The van der Waals surface area contributed by atoms with Crippen molar-refractivity contribution in [1.29, 1.82) is 0 Å². The van der Waals surface area contributed by atoms with Crippen LogP contribution in [0.2, 0.25) is 0 Å². The Labute approximate surface area is 201 Å². The van der Waals surface area contributed by atoms with Crippen LogP contribution < -0.4 is 5.32 Å². The summed E-state index contributed by atoms with van der Waals surface area (Å²) >= 11 is 1.73. The standard InChI is InChI=1S/C25H37N3O4S/c1-7-27(21-13-11-20(12-14-21)26-23(30)32-24(2,3)4)28-15-16-33-25(28,5)19-10-8-9-18(17-19)22(29)31-6/h8-10,15-17,20-21H,7,11-14H2,1-6H3,(H,26,30). The number of ether oxygens (including phenoxy) is 2. The predicted octanol–water partition coefficient (Wildman–Crippen LogP) is 5.24. The fourth-order valence-corrected chi connectivity index (χ4v) is 5.56. The quantitative estimate of drug-likeness (QED) is 0.564. The number of hydrogen-bond donors (Lipinski definition) is 1. The molecule has 182 valence electrons. The fraction of sp³-hybridized carbons (Fsp3) is 0.600. The second-order valence-corrected chi connectivity index (χ2v) is 11.0. The normalized spacial score (nSPS) is 25.2. The number of nitrogens with one attached hydrogen (secondary N) is 1. The lowest BCUT2D eigenvalue weighted by Crippen LogP contribution is -2.54. The minimum atomic E-state index is -0.490. The molecule has 1 unspecified atom stereocenters. The van der Waals surface area contributed by atoms with Gasteiger partial charge < -0.3 is 14.8 Å². The van der Waals surface area contributed by atoms with E-state index < -0.39 is 5.60 Å². The van der Waals surface area contributed by atoms with Crippen molar-refractivity contribution in [3.05, 3.63) is 47.0 Å². The molecule has 1 aliphatic carbocycles. The first-order valence-electron chi connectivity index (χ1n) is 11.7. The van der Waals surface area contributed by atoms with Gasteiger partial charge in [-0.1, -0.05) is 30.8 Å². The van der Waals surface area contributed by atoms with Gasteiger partial charge in [0.1, 0.15) is 10.5 Å². The molecule has 0 aromatic heterocycles. The highest BCUT2D eigenvalue weighted by atomic mass is 32.2. The minimum absolute atomic E-state index is 0.140. The number of rotatable bonds is 6. The van der Waals surface area contributed by atoms with Gasteiger partial charge in [0.2, 0.25) is 0 Å². The molecule has 1 atom stereocenters. The molecule has 0 radical (unpaired) electrons. The number of methoxy groups -OCH3 is 1. The summed E-state index contributed by atoms with van der Waals surface area (Å²) < 4.78 is 10.3. The summed E-state index contributed by atoms with van der Waals surface area (Å²) in [6, 6.07) is 8.20. The lowest BCUT2D eigenvalue weighted by Gasteiger charge is -2.48. The van der Waals surface area contributed by atoms with E-state index in [4.69, 9.17) is 9.47 Å². The van der Waals surface area contributed by atoms with Crippen molar-refractivity contribution in [1.82, 2.24) is 15.3 Å². The monoisotopic (exact) mass is 475 g/mol. The first-order chi connectivity index (χ1) is 15.6. The van der Waals surface area contributed by atoms with Crippen LogP contribution >= 0.6 is 11.8 Å². The largest absolute Gasteiger partial charge is 0.465 e. The SMILES string of the molecule is CCN(C1CCC(NC(=O)OC(C)(C)C)CC1)N1C=CSC1(C)c1cccc(C(=O)OC)c1. The van der Waals surface area contributed by atoms with E-state index in [2.05, 4.69) is 46.9 Å². The number of amides is 1. The van der Waals surface area contributed by atoms with Crippen molar-refractivity contribution in [2.45, 2.75) is 82.9 Å². The number of carbonyl (C=O) groups excluding carboxylic acids is 2. The molecule has 1 heterocycles. The maximum atomic E-state index is 12.2. The summed E-state index contributed by atoms with van der Waals surface area (Å²) in [5.74, 6) is -0.328. The summed E-state index contributed by atoms with van der Waals surface area (Å²) in [6.07, 6.45) is 5.60. The molecule has 7 nitrogen and oxygen atoms in total. The molecule has 1 aromatic rings. The van der Waals surface area contributed by atoms with E-state index in [0.29, 0.717) is 11.6 Å². The Hall–Kier alpha value is -2.19. The van der Waals surface area contributed by atoms with Crippen molar-refractivity contribution in [3.63, 3.8) is 0 Å². The third kappa shape index (κ3) is 6.03. The lowest BCUT2D eigenvalue weighted by atomic mass is 9.90. The van der Waals surface area contributed by atoms with E-state index in [-0.39, 0.29) is 23.0 Å². The average molecular weight is 476 g/mol. The first-order valence-corrected chi connectivity index (χ1v) is 12.5. The van der Waals surface area contributed by atoms with E-state index in [1.165, 1.54) is 7.11 Å². The molecule has 33 heavy (non-hydrogen) atoms. The molecular weight excluding hydrogens is 438 g/mol. The molecular formula is C25H37N3O4S. The number of alkyl carbamates (subject to hydrolysis) is 1. The highest BCUT2D eigenvalue weighted by Crippen LogP contribution is 2.47. The number of nitrogens with zero attached hydrogens (tertiary/aromatic N) is 2. The van der Waals surface area contributed by atoms with Gasteiger partial charge >= 0.3 is 12.1 Å². The van der Waals surface area contributed by atoms with Gasteiger partial charge in [0.25, 0.3) is 0 Å². The predicted molar refractivity (Wildman–Crippen MR) is 131 cm³/mol. The van der Waals surface area contributed by atoms with Gasteiger partial charge in [0.15, 0.2) is 0 Å². The maximum absolute atomic E-state index is 12.2. The average Bonchev–Trinajstić information content (AvgIpc) is 3.16. The Morgan fingerprint density at radius 3 is 2.55 bits per heavy atom. The van der Waals surface area contributed by atoms with Gasteiger partial charge in [-0.3, -0.25) is 5.01 Å². The first kappa shape index (κ1) is 25.4. The number of thioether (sulfide) groups is 1. The van der Waals surface area contributed by atoms with E-state index in [1.807, 2.05) is 32.9 Å². The second-order valence-electron chi connectivity index (χ2n) is 9.71. The molecule has 0 bridgehead atoms. The summed E-state index contributed by atoms with van der Waals surface area (Å²) in [4.78, 5) is 23.9. The van der Waals surface area contributed by atoms with Crippen LogP contribution in [0.3, 0.4) is 0 Å². The number of benzene rings is 1. The minimum Gasteiger partial charge on any atom is -0.465 e. The molecule has 8 heteroatoms. The van der Waals surface area contributed by atoms with Gasteiger partial charge in [0.05, 0.1) is 12.7 Å². The number of esters is 1. The van der Waals surface area contributed by atoms with Crippen LogP contribution in [0.1, 0.15) is 76.2 Å². The third-order valence-electron chi connectivity index (χ3n) is 6.20. The smallest absolute Gasteiger partial charge is 0.407 e. The summed E-state index contributed by atoms with van der Waals surface area (Å²) in [5, 5.41) is 9.87. The van der Waals surface area contributed by atoms with Crippen molar-refractivity contribution in [2.75, 3.05) is 13.7 Å². The topological polar surface area (TPSA) is 71.1 Å². The molecule has 0 spiro atoms. The number of carbonyl (C=O) groups is 2. The van der Waals surface area contributed by atoms with E-state index >= 15 is 0 Å². The molecule has 1 aromatic carbocycles. The number of hydrogen-bond acceptors (Lipinski definition) is 7. The van der Waals surface area contributed by atoms with Crippen molar-refractivity contribution >= 4 is 23.8 Å². The van der Waals surface area contributed by atoms with Crippen LogP contribution in [0.25, 0.3) is 0 Å². The summed E-state index contributed by atoms with van der Waals surface area (Å²) in [7, 11) is 1.40.